The van der Waals surface area contributed by atoms with Gasteiger partial charge in [0.1, 0.15) is 0 Å². The molecule has 0 spiro atoms. The van der Waals surface area contributed by atoms with Crippen LogP contribution in [0.3, 0.4) is 0 Å². The van der Waals surface area contributed by atoms with Crippen LogP contribution in [0, 0.1) is 5.92 Å². The van der Waals surface area contributed by atoms with Crippen LogP contribution in [-0.4, -0.2) is 36.4 Å². The second-order valence-corrected chi connectivity index (χ2v) is 7.05. The van der Waals surface area contributed by atoms with Crippen molar-refractivity contribution in [1.82, 2.24) is 24.6 Å². The molecule has 1 aromatic carbocycles. The minimum absolute atomic E-state index is 0.00183. The summed E-state index contributed by atoms with van der Waals surface area (Å²) in [5, 5.41) is 17.0. The van der Waals surface area contributed by atoms with E-state index in [1.807, 2.05) is 42.1 Å². The number of carbonyl (C=O) groups is 1. The molecular formula is C19H23N5O2. The van der Waals surface area contributed by atoms with Crippen molar-refractivity contribution in [3.05, 3.63) is 48.5 Å². The molecule has 1 aliphatic rings. The Bertz CT molecular complexity index is 909. The first-order valence-corrected chi connectivity index (χ1v) is 8.96. The predicted molar refractivity (Wildman–Crippen MR) is 97.2 cm³/mol. The van der Waals surface area contributed by atoms with Crippen molar-refractivity contribution >= 4 is 16.9 Å². The number of aliphatic hydroxyl groups is 1. The van der Waals surface area contributed by atoms with E-state index in [1.165, 1.54) is 0 Å². The molecule has 26 heavy (non-hydrogen) atoms. The minimum Gasteiger partial charge on any atom is -0.393 e. The molecule has 1 unspecified atom stereocenters. The molecule has 1 saturated carbocycles. The van der Waals surface area contributed by atoms with Crippen molar-refractivity contribution in [2.24, 2.45) is 13.0 Å². The van der Waals surface area contributed by atoms with Crippen molar-refractivity contribution in [2.45, 2.75) is 38.0 Å². The Hall–Kier alpha value is -2.67. The second kappa shape index (κ2) is 6.92. The molecule has 2 heterocycles. The van der Waals surface area contributed by atoms with E-state index in [9.17, 15) is 9.90 Å². The summed E-state index contributed by atoms with van der Waals surface area (Å²) in [5.41, 5.74) is 2.96. The summed E-state index contributed by atoms with van der Waals surface area (Å²) in [6.07, 6.45) is 7.05. The lowest BCUT2D eigenvalue weighted by atomic mass is 9.75. The number of nitrogens with zero attached hydrogens (tertiary/aromatic N) is 4. The minimum atomic E-state index is -0.256. The van der Waals surface area contributed by atoms with Gasteiger partial charge in [-0.2, -0.15) is 5.10 Å². The molecule has 0 aliphatic heterocycles. The zero-order valence-corrected chi connectivity index (χ0v) is 14.7. The van der Waals surface area contributed by atoms with Gasteiger partial charge < -0.3 is 15.0 Å². The third kappa shape index (κ3) is 3.35. The Labute approximate surface area is 151 Å². The van der Waals surface area contributed by atoms with E-state index in [-0.39, 0.29) is 24.0 Å². The molecule has 1 atom stereocenters. The zero-order chi connectivity index (χ0) is 18.1. The lowest BCUT2D eigenvalue weighted by Crippen LogP contribution is -2.41. The van der Waals surface area contributed by atoms with Crippen LogP contribution in [0.4, 0.5) is 0 Å². The van der Waals surface area contributed by atoms with E-state index in [0.717, 1.165) is 16.6 Å². The van der Waals surface area contributed by atoms with Gasteiger partial charge in [-0.1, -0.05) is 12.1 Å². The molecule has 1 fully saturated rings. The van der Waals surface area contributed by atoms with Gasteiger partial charge in [0, 0.05) is 31.8 Å². The molecule has 4 rings (SSSR count). The van der Waals surface area contributed by atoms with Gasteiger partial charge in [-0.05, 0) is 30.9 Å². The van der Waals surface area contributed by atoms with Gasteiger partial charge in [0.15, 0.2) is 0 Å². The highest BCUT2D eigenvalue weighted by Gasteiger charge is 2.36. The molecule has 1 aliphatic carbocycles. The highest BCUT2D eigenvalue weighted by molar-refractivity contribution is 5.77. The summed E-state index contributed by atoms with van der Waals surface area (Å²) in [6, 6.07) is 7.80. The van der Waals surface area contributed by atoms with Gasteiger partial charge in [0.2, 0.25) is 5.91 Å². The number of aryl methyl sites for hydroxylation is 2. The standard InChI is InChI=1S/C19H23N5O2/c1-23-11-14(10-21-23)19(13-8-15(25)9-13)22-18(26)6-7-24-12-20-16-4-2-3-5-17(16)24/h2-5,10-13,15,19,25H,6-9H2,1H3,(H,22,26). The zero-order valence-electron chi connectivity index (χ0n) is 14.7. The van der Waals surface area contributed by atoms with Crippen LogP contribution in [0.15, 0.2) is 43.0 Å². The van der Waals surface area contributed by atoms with Crippen molar-refractivity contribution < 1.29 is 9.90 Å². The van der Waals surface area contributed by atoms with Crippen LogP contribution < -0.4 is 5.32 Å². The van der Waals surface area contributed by atoms with Crippen LogP contribution in [0.5, 0.6) is 0 Å². The van der Waals surface area contributed by atoms with E-state index in [4.69, 9.17) is 0 Å². The number of rotatable bonds is 6. The number of amides is 1. The average molecular weight is 353 g/mol. The van der Waals surface area contributed by atoms with E-state index in [1.54, 1.807) is 17.2 Å². The number of hydrogen-bond acceptors (Lipinski definition) is 4. The van der Waals surface area contributed by atoms with Crippen LogP contribution in [0.2, 0.25) is 0 Å². The maximum atomic E-state index is 12.6. The van der Waals surface area contributed by atoms with Gasteiger partial charge in [0.25, 0.3) is 0 Å². The SMILES string of the molecule is Cn1cc(C(NC(=O)CCn2cnc3ccccc32)C2CC(O)C2)cn1. The summed E-state index contributed by atoms with van der Waals surface area (Å²) in [4.78, 5) is 16.9. The third-order valence-corrected chi connectivity index (χ3v) is 5.13. The maximum Gasteiger partial charge on any atom is 0.222 e. The molecule has 2 N–H and O–H groups in total. The molecular weight excluding hydrogens is 330 g/mol. The Morgan fingerprint density at radius 1 is 1.38 bits per heavy atom. The summed E-state index contributed by atoms with van der Waals surface area (Å²) < 4.78 is 3.74. The monoisotopic (exact) mass is 353 g/mol. The van der Waals surface area contributed by atoms with E-state index < -0.39 is 0 Å². The molecule has 7 heteroatoms. The number of aromatic nitrogens is 4. The first kappa shape index (κ1) is 16.8. The van der Waals surface area contributed by atoms with Crippen LogP contribution >= 0.6 is 0 Å². The number of para-hydroxylation sites is 2. The molecule has 0 saturated heterocycles. The number of fused-ring (bicyclic) bond motifs is 1. The van der Waals surface area contributed by atoms with Crippen LogP contribution in [0.1, 0.15) is 30.9 Å². The van der Waals surface area contributed by atoms with Crippen LogP contribution in [0.25, 0.3) is 11.0 Å². The third-order valence-electron chi connectivity index (χ3n) is 5.13. The lowest BCUT2D eigenvalue weighted by molar-refractivity contribution is -0.123. The fraction of sp³-hybridized carbons (Fsp3) is 0.421. The number of hydrogen-bond donors (Lipinski definition) is 2. The van der Waals surface area contributed by atoms with Crippen molar-refractivity contribution in [2.75, 3.05) is 0 Å². The number of aliphatic hydroxyl groups excluding tert-OH is 1. The van der Waals surface area contributed by atoms with Gasteiger partial charge >= 0.3 is 0 Å². The fourth-order valence-electron chi connectivity index (χ4n) is 3.63. The Kier molecular flexibility index (Phi) is 4.46. The van der Waals surface area contributed by atoms with E-state index in [2.05, 4.69) is 15.4 Å². The van der Waals surface area contributed by atoms with Gasteiger partial charge in [-0.25, -0.2) is 4.98 Å². The first-order chi connectivity index (χ1) is 12.6. The molecule has 0 radical (unpaired) electrons. The highest BCUT2D eigenvalue weighted by Crippen LogP contribution is 2.38. The molecule has 7 nitrogen and oxygen atoms in total. The lowest BCUT2D eigenvalue weighted by Gasteiger charge is -2.37. The second-order valence-electron chi connectivity index (χ2n) is 7.05. The summed E-state index contributed by atoms with van der Waals surface area (Å²) >= 11 is 0. The summed E-state index contributed by atoms with van der Waals surface area (Å²) in [5.74, 6) is 0.255. The van der Waals surface area contributed by atoms with Gasteiger partial charge in [0.05, 0.1) is 35.7 Å². The predicted octanol–water partition coefficient (Wildman–Crippen LogP) is 1.79. The van der Waals surface area contributed by atoms with Gasteiger partial charge in [-0.3, -0.25) is 9.48 Å². The van der Waals surface area contributed by atoms with Crippen molar-refractivity contribution in [3.63, 3.8) is 0 Å². The average Bonchev–Trinajstić information content (AvgIpc) is 3.22. The quantitative estimate of drug-likeness (QED) is 0.707. The Balaban J connectivity index is 1.41. The molecule has 3 aromatic rings. The molecule has 136 valence electrons. The number of nitrogens with one attached hydrogen (secondary N) is 1. The number of carbonyl (C=O) groups excluding carboxylic acids is 1. The number of imidazole rings is 1. The highest BCUT2D eigenvalue weighted by atomic mass is 16.3. The summed E-state index contributed by atoms with van der Waals surface area (Å²) in [6.45, 7) is 0.583. The van der Waals surface area contributed by atoms with E-state index >= 15 is 0 Å². The molecule has 2 aromatic heterocycles. The van der Waals surface area contributed by atoms with Crippen molar-refractivity contribution in [1.29, 1.82) is 0 Å². The smallest absolute Gasteiger partial charge is 0.222 e. The summed E-state index contributed by atoms with van der Waals surface area (Å²) in [7, 11) is 1.86. The number of benzene rings is 1. The maximum absolute atomic E-state index is 12.6. The largest absolute Gasteiger partial charge is 0.393 e. The Morgan fingerprint density at radius 2 is 2.19 bits per heavy atom. The van der Waals surface area contributed by atoms with Gasteiger partial charge in [-0.15, -0.1) is 0 Å². The normalized spacial score (nSPS) is 20.7. The molecule has 1 amide bonds. The van der Waals surface area contributed by atoms with Crippen molar-refractivity contribution in [3.8, 4) is 0 Å². The topological polar surface area (TPSA) is 85.0 Å². The van der Waals surface area contributed by atoms with Crippen LogP contribution in [-0.2, 0) is 18.4 Å². The van der Waals surface area contributed by atoms with E-state index in [0.29, 0.717) is 25.8 Å². The first-order valence-electron chi connectivity index (χ1n) is 8.96. The fourth-order valence-corrected chi connectivity index (χ4v) is 3.63. The Morgan fingerprint density at radius 3 is 2.92 bits per heavy atom. The molecule has 0 bridgehead atoms.